The van der Waals surface area contributed by atoms with Crippen LogP contribution in [0.2, 0.25) is 0 Å². The molecule has 0 radical (unpaired) electrons. The average molecular weight is 252 g/mol. The fraction of sp³-hybridized carbons (Fsp3) is 0.200. The minimum atomic E-state index is -3.51. The van der Waals surface area contributed by atoms with Gasteiger partial charge in [-0.05, 0) is 17.7 Å². The molecular weight excluding hydrogens is 240 g/mol. The Morgan fingerprint density at radius 1 is 1.35 bits per heavy atom. The summed E-state index contributed by atoms with van der Waals surface area (Å²) >= 11 is 0. The molecule has 1 N–H and O–H groups in total. The number of aromatic nitrogens is 3. The lowest BCUT2D eigenvalue weighted by Gasteiger charge is -2.15. The largest absolute Gasteiger partial charge is 0.266 e. The van der Waals surface area contributed by atoms with Crippen LogP contribution in [0.3, 0.4) is 0 Å². The van der Waals surface area contributed by atoms with Gasteiger partial charge in [0.25, 0.3) is 10.0 Å². The molecule has 0 saturated carbocycles. The van der Waals surface area contributed by atoms with Gasteiger partial charge in [-0.25, -0.2) is 8.42 Å². The Bertz CT molecular complexity index is 566. The van der Waals surface area contributed by atoms with Crippen molar-refractivity contribution in [3.8, 4) is 0 Å². The van der Waals surface area contributed by atoms with Crippen molar-refractivity contribution in [3.05, 3.63) is 42.4 Å². The first-order chi connectivity index (χ1) is 8.10. The standard InChI is InChI=1S/C10H12N4O2S/c1-14(8-9-3-2-5-11-7-9)17(15,16)10-4-6-12-13-10/h2-7H,8H2,1H3,(H,12,13). The van der Waals surface area contributed by atoms with Crippen LogP contribution >= 0.6 is 0 Å². The fourth-order valence-corrected chi connectivity index (χ4v) is 2.44. The number of aromatic amines is 1. The second-order valence-corrected chi connectivity index (χ2v) is 5.56. The summed E-state index contributed by atoms with van der Waals surface area (Å²) < 4.78 is 25.3. The van der Waals surface area contributed by atoms with E-state index in [1.165, 1.54) is 23.6 Å². The van der Waals surface area contributed by atoms with Gasteiger partial charge in [0, 0.05) is 26.0 Å². The quantitative estimate of drug-likeness (QED) is 0.865. The number of hydrogen-bond donors (Lipinski definition) is 1. The van der Waals surface area contributed by atoms with Crippen LogP contribution in [-0.2, 0) is 16.6 Å². The summed E-state index contributed by atoms with van der Waals surface area (Å²) in [6, 6.07) is 5.02. The molecule has 6 nitrogen and oxygen atoms in total. The maximum Gasteiger partial charge on any atom is 0.260 e. The van der Waals surface area contributed by atoms with Gasteiger partial charge in [0.2, 0.25) is 0 Å². The van der Waals surface area contributed by atoms with E-state index in [-0.39, 0.29) is 11.6 Å². The summed E-state index contributed by atoms with van der Waals surface area (Å²) in [6.45, 7) is 0.273. The lowest BCUT2D eigenvalue weighted by Crippen LogP contribution is -2.26. The molecule has 2 rings (SSSR count). The van der Waals surface area contributed by atoms with E-state index in [1.54, 1.807) is 18.5 Å². The molecule has 0 saturated heterocycles. The summed E-state index contributed by atoms with van der Waals surface area (Å²) in [6.07, 6.45) is 4.69. The average Bonchev–Trinajstić information content (AvgIpc) is 2.84. The van der Waals surface area contributed by atoms with Crippen molar-refractivity contribution in [1.82, 2.24) is 19.5 Å². The van der Waals surface area contributed by atoms with E-state index in [4.69, 9.17) is 0 Å². The molecule has 0 spiro atoms. The molecule has 2 heterocycles. The molecular formula is C10H12N4O2S. The molecule has 7 heteroatoms. The van der Waals surface area contributed by atoms with Gasteiger partial charge in [-0.3, -0.25) is 10.1 Å². The molecule has 0 aliphatic heterocycles. The van der Waals surface area contributed by atoms with E-state index in [0.717, 1.165) is 5.56 Å². The molecule has 2 aromatic heterocycles. The minimum Gasteiger partial charge on any atom is -0.266 e. The molecule has 0 aliphatic rings. The van der Waals surface area contributed by atoms with Crippen LogP contribution in [0.25, 0.3) is 0 Å². The van der Waals surface area contributed by atoms with Gasteiger partial charge in [0.05, 0.1) is 6.20 Å². The molecule has 0 fully saturated rings. The van der Waals surface area contributed by atoms with Gasteiger partial charge < -0.3 is 0 Å². The van der Waals surface area contributed by atoms with E-state index in [0.29, 0.717) is 0 Å². The van der Waals surface area contributed by atoms with Crippen molar-refractivity contribution in [1.29, 1.82) is 0 Å². The van der Waals surface area contributed by atoms with Crippen molar-refractivity contribution in [2.75, 3.05) is 7.05 Å². The second kappa shape index (κ2) is 4.64. The fourth-order valence-electron chi connectivity index (χ4n) is 1.39. The molecule has 0 amide bonds. The zero-order valence-electron chi connectivity index (χ0n) is 9.24. The van der Waals surface area contributed by atoms with Crippen molar-refractivity contribution in [2.24, 2.45) is 0 Å². The van der Waals surface area contributed by atoms with Crippen molar-refractivity contribution < 1.29 is 8.42 Å². The Kier molecular flexibility index (Phi) is 3.21. The lowest BCUT2D eigenvalue weighted by molar-refractivity contribution is 0.463. The molecule has 0 unspecified atom stereocenters. The van der Waals surface area contributed by atoms with E-state index in [2.05, 4.69) is 15.2 Å². The van der Waals surface area contributed by atoms with Gasteiger partial charge in [-0.1, -0.05) is 6.07 Å². The third-order valence-electron chi connectivity index (χ3n) is 2.29. The number of sulfonamides is 1. The highest BCUT2D eigenvalue weighted by molar-refractivity contribution is 7.89. The van der Waals surface area contributed by atoms with Crippen LogP contribution in [0.15, 0.2) is 41.8 Å². The van der Waals surface area contributed by atoms with Gasteiger partial charge in [-0.2, -0.15) is 9.40 Å². The summed E-state index contributed by atoms with van der Waals surface area (Å²) in [7, 11) is -1.99. The third kappa shape index (κ3) is 2.51. The first kappa shape index (κ1) is 11.7. The summed E-state index contributed by atoms with van der Waals surface area (Å²) in [4.78, 5) is 3.94. The number of rotatable bonds is 4. The second-order valence-electron chi connectivity index (χ2n) is 3.54. The Balaban J connectivity index is 2.19. The number of H-pyrrole nitrogens is 1. The first-order valence-corrected chi connectivity index (χ1v) is 6.39. The van der Waals surface area contributed by atoms with Crippen LogP contribution < -0.4 is 0 Å². The molecule has 0 aliphatic carbocycles. The van der Waals surface area contributed by atoms with E-state index < -0.39 is 10.0 Å². The Labute approximate surface area is 99.4 Å². The van der Waals surface area contributed by atoms with E-state index in [1.807, 2.05) is 6.07 Å². The smallest absolute Gasteiger partial charge is 0.260 e. The van der Waals surface area contributed by atoms with Crippen LogP contribution in [0, 0.1) is 0 Å². The van der Waals surface area contributed by atoms with Gasteiger partial charge >= 0.3 is 0 Å². The molecule has 17 heavy (non-hydrogen) atoms. The number of nitrogens with zero attached hydrogens (tertiary/aromatic N) is 3. The van der Waals surface area contributed by atoms with E-state index in [9.17, 15) is 8.42 Å². The van der Waals surface area contributed by atoms with Crippen molar-refractivity contribution >= 4 is 10.0 Å². The van der Waals surface area contributed by atoms with Gasteiger partial charge in [-0.15, -0.1) is 0 Å². The Morgan fingerprint density at radius 2 is 2.18 bits per heavy atom. The van der Waals surface area contributed by atoms with Crippen LogP contribution in [0.1, 0.15) is 5.56 Å². The highest BCUT2D eigenvalue weighted by Crippen LogP contribution is 2.13. The van der Waals surface area contributed by atoms with Crippen LogP contribution in [0.4, 0.5) is 0 Å². The number of hydrogen-bond acceptors (Lipinski definition) is 4. The van der Waals surface area contributed by atoms with Crippen LogP contribution in [0.5, 0.6) is 0 Å². The normalized spacial score (nSPS) is 11.9. The molecule has 0 atom stereocenters. The van der Waals surface area contributed by atoms with Crippen molar-refractivity contribution in [2.45, 2.75) is 11.6 Å². The molecule has 0 aromatic carbocycles. The lowest BCUT2D eigenvalue weighted by atomic mass is 10.3. The third-order valence-corrected chi connectivity index (χ3v) is 4.02. The van der Waals surface area contributed by atoms with E-state index >= 15 is 0 Å². The summed E-state index contributed by atoms with van der Waals surface area (Å²) in [5, 5.41) is 6.17. The van der Waals surface area contributed by atoms with Crippen LogP contribution in [-0.4, -0.2) is 35.0 Å². The number of nitrogens with one attached hydrogen (secondary N) is 1. The molecule has 90 valence electrons. The van der Waals surface area contributed by atoms with Gasteiger partial charge in [0.15, 0.2) is 5.03 Å². The maximum atomic E-state index is 12.0. The zero-order valence-corrected chi connectivity index (χ0v) is 10.1. The summed E-state index contributed by atoms with van der Waals surface area (Å²) in [5.74, 6) is 0. The predicted molar refractivity (Wildman–Crippen MR) is 61.5 cm³/mol. The molecule has 0 bridgehead atoms. The van der Waals surface area contributed by atoms with Crippen molar-refractivity contribution in [3.63, 3.8) is 0 Å². The number of pyridine rings is 1. The minimum absolute atomic E-state index is 0.0869. The first-order valence-electron chi connectivity index (χ1n) is 4.95. The zero-order chi connectivity index (χ0) is 12.3. The van der Waals surface area contributed by atoms with Gasteiger partial charge in [0.1, 0.15) is 0 Å². The summed E-state index contributed by atoms with van der Waals surface area (Å²) in [5.41, 5.74) is 0.832. The SMILES string of the molecule is CN(Cc1cccnc1)S(=O)(=O)c1ccn[nH]1. The Hall–Kier alpha value is -1.73. The monoisotopic (exact) mass is 252 g/mol. The highest BCUT2D eigenvalue weighted by Gasteiger charge is 2.21. The highest BCUT2D eigenvalue weighted by atomic mass is 32.2. The molecule has 2 aromatic rings. The topological polar surface area (TPSA) is 79.0 Å². The Morgan fingerprint density at radius 3 is 2.76 bits per heavy atom. The predicted octanol–water partition coefficient (Wildman–Crippen LogP) is 0.625. The maximum absolute atomic E-state index is 12.0.